The van der Waals surface area contributed by atoms with Crippen molar-refractivity contribution in [2.45, 2.75) is 51.0 Å². The van der Waals surface area contributed by atoms with Crippen molar-refractivity contribution in [2.24, 2.45) is 0 Å². The molecule has 2 saturated heterocycles. The molecule has 0 aromatic heterocycles. The fraction of sp³-hybridized carbons (Fsp3) is 0.684. The molecule has 1 N–H and O–H groups in total. The van der Waals surface area contributed by atoms with Crippen LogP contribution in [0.25, 0.3) is 0 Å². The first-order valence-electron chi connectivity index (χ1n) is 9.15. The van der Waals surface area contributed by atoms with Gasteiger partial charge in [-0.3, -0.25) is 4.90 Å². The van der Waals surface area contributed by atoms with Crippen LogP contribution in [0.1, 0.15) is 50.5 Å². The van der Waals surface area contributed by atoms with Crippen LogP contribution < -0.4 is 10.1 Å². The molecule has 0 radical (unpaired) electrons. The Hall–Kier alpha value is -0.770. The number of nitrogens with zero attached hydrogens (tertiary/aromatic N) is 1. The molecule has 3 rings (SSSR count). The number of rotatable bonds is 6. The SMILES string of the molecule is CCC(CN1CCCC1)Oc1cc(Cl)ccc1C1CCNCC1. The molecule has 4 heteroatoms. The molecule has 0 saturated carbocycles. The summed E-state index contributed by atoms with van der Waals surface area (Å²) in [5, 5.41) is 4.21. The maximum Gasteiger partial charge on any atom is 0.124 e. The Morgan fingerprint density at radius 1 is 1.26 bits per heavy atom. The maximum atomic E-state index is 6.44. The van der Waals surface area contributed by atoms with Crippen LogP contribution in [0.2, 0.25) is 5.02 Å². The Labute approximate surface area is 145 Å². The van der Waals surface area contributed by atoms with Crippen molar-refractivity contribution in [3.63, 3.8) is 0 Å². The monoisotopic (exact) mass is 336 g/mol. The van der Waals surface area contributed by atoms with Crippen molar-refractivity contribution in [3.8, 4) is 5.75 Å². The topological polar surface area (TPSA) is 24.5 Å². The first kappa shape index (κ1) is 17.1. The summed E-state index contributed by atoms with van der Waals surface area (Å²) in [7, 11) is 0. The molecule has 0 spiro atoms. The van der Waals surface area contributed by atoms with Crippen LogP contribution in [0.5, 0.6) is 5.75 Å². The Morgan fingerprint density at radius 2 is 2.00 bits per heavy atom. The normalized spacial score (nSPS) is 21.5. The van der Waals surface area contributed by atoms with Gasteiger partial charge in [0.15, 0.2) is 0 Å². The third-order valence-corrected chi connectivity index (χ3v) is 5.40. The first-order chi connectivity index (χ1) is 11.3. The minimum absolute atomic E-state index is 0.257. The summed E-state index contributed by atoms with van der Waals surface area (Å²) >= 11 is 6.25. The van der Waals surface area contributed by atoms with E-state index in [1.807, 2.05) is 12.1 Å². The summed E-state index contributed by atoms with van der Waals surface area (Å²) in [4.78, 5) is 2.53. The lowest BCUT2D eigenvalue weighted by Crippen LogP contribution is -2.34. The fourth-order valence-corrected chi connectivity index (χ4v) is 3.92. The van der Waals surface area contributed by atoms with E-state index in [9.17, 15) is 0 Å². The zero-order valence-electron chi connectivity index (χ0n) is 14.2. The van der Waals surface area contributed by atoms with Crippen molar-refractivity contribution < 1.29 is 4.74 Å². The van der Waals surface area contributed by atoms with E-state index >= 15 is 0 Å². The molecular formula is C19H29ClN2O. The van der Waals surface area contributed by atoms with E-state index in [2.05, 4.69) is 23.2 Å². The summed E-state index contributed by atoms with van der Waals surface area (Å²) in [5.41, 5.74) is 1.34. The molecule has 2 fully saturated rings. The number of hydrogen-bond acceptors (Lipinski definition) is 3. The third kappa shape index (κ3) is 4.62. The summed E-state index contributed by atoms with van der Waals surface area (Å²) in [6.45, 7) is 7.88. The highest BCUT2D eigenvalue weighted by atomic mass is 35.5. The van der Waals surface area contributed by atoms with E-state index in [0.29, 0.717) is 5.92 Å². The number of halogens is 1. The Morgan fingerprint density at radius 3 is 2.70 bits per heavy atom. The van der Waals surface area contributed by atoms with E-state index in [1.54, 1.807) is 0 Å². The molecule has 0 amide bonds. The number of hydrogen-bond donors (Lipinski definition) is 1. The van der Waals surface area contributed by atoms with Gasteiger partial charge in [-0.05, 0) is 81.9 Å². The Balaban J connectivity index is 1.72. The molecule has 1 unspecified atom stereocenters. The molecular weight excluding hydrogens is 308 g/mol. The van der Waals surface area contributed by atoms with Crippen LogP contribution in [0.3, 0.4) is 0 Å². The van der Waals surface area contributed by atoms with Gasteiger partial charge in [0.2, 0.25) is 0 Å². The van der Waals surface area contributed by atoms with E-state index in [4.69, 9.17) is 16.3 Å². The minimum Gasteiger partial charge on any atom is -0.489 e. The second kappa shape index (κ2) is 8.36. The predicted molar refractivity (Wildman–Crippen MR) is 96.7 cm³/mol. The van der Waals surface area contributed by atoms with Crippen LogP contribution in [-0.2, 0) is 0 Å². The van der Waals surface area contributed by atoms with Crippen LogP contribution in [-0.4, -0.2) is 43.7 Å². The van der Waals surface area contributed by atoms with Gasteiger partial charge in [-0.25, -0.2) is 0 Å². The molecule has 2 heterocycles. The van der Waals surface area contributed by atoms with E-state index in [1.165, 1.54) is 44.3 Å². The third-order valence-electron chi connectivity index (χ3n) is 5.16. The lowest BCUT2D eigenvalue weighted by Gasteiger charge is -2.28. The highest BCUT2D eigenvalue weighted by Gasteiger charge is 2.22. The number of piperidine rings is 1. The average Bonchev–Trinajstić information content (AvgIpc) is 3.08. The second-order valence-corrected chi connectivity index (χ2v) is 7.30. The first-order valence-corrected chi connectivity index (χ1v) is 9.53. The lowest BCUT2D eigenvalue weighted by atomic mass is 9.89. The standard InChI is InChI=1S/C19H29ClN2O/c1-2-17(14-22-11-3-4-12-22)23-19-13-16(20)5-6-18(19)15-7-9-21-10-8-15/h5-6,13,15,17,21H,2-4,7-12,14H2,1H3. The van der Waals surface area contributed by atoms with Crippen LogP contribution >= 0.6 is 11.6 Å². The van der Waals surface area contributed by atoms with Gasteiger partial charge in [0.05, 0.1) is 0 Å². The number of nitrogens with one attached hydrogen (secondary N) is 1. The van der Waals surface area contributed by atoms with Crippen molar-refractivity contribution in [2.75, 3.05) is 32.7 Å². The lowest BCUT2D eigenvalue weighted by molar-refractivity contribution is 0.141. The van der Waals surface area contributed by atoms with Gasteiger partial charge in [0.25, 0.3) is 0 Å². The smallest absolute Gasteiger partial charge is 0.124 e. The van der Waals surface area contributed by atoms with Gasteiger partial charge in [-0.1, -0.05) is 24.6 Å². The van der Waals surface area contributed by atoms with Crippen molar-refractivity contribution in [1.82, 2.24) is 10.2 Å². The van der Waals surface area contributed by atoms with Gasteiger partial charge >= 0.3 is 0 Å². The van der Waals surface area contributed by atoms with Crippen LogP contribution in [0.4, 0.5) is 0 Å². The van der Waals surface area contributed by atoms with Crippen molar-refractivity contribution >= 4 is 11.6 Å². The fourth-order valence-electron chi connectivity index (χ4n) is 3.76. The van der Waals surface area contributed by atoms with Crippen LogP contribution in [0, 0.1) is 0 Å². The molecule has 1 atom stereocenters. The van der Waals surface area contributed by atoms with Gasteiger partial charge in [0, 0.05) is 11.6 Å². The summed E-state index contributed by atoms with van der Waals surface area (Å²) in [5.74, 6) is 1.60. The average molecular weight is 337 g/mol. The predicted octanol–water partition coefficient (Wildman–Crippen LogP) is 4.06. The zero-order valence-corrected chi connectivity index (χ0v) is 14.9. The van der Waals surface area contributed by atoms with Crippen LogP contribution in [0.15, 0.2) is 18.2 Å². The quantitative estimate of drug-likeness (QED) is 0.847. The maximum absolute atomic E-state index is 6.44. The molecule has 128 valence electrons. The van der Waals surface area contributed by atoms with E-state index in [0.717, 1.165) is 36.8 Å². The molecule has 23 heavy (non-hydrogen) atoms. The van der Waals surface area contributed by atoms with Gasteiger partial charge in [-0.15, -0.1) is 0 Å². The summed E-state index contributed by atoms with van der Waals surface area (Å²) in [6.07, 6.45) is 6.31. The summed E-state index contributed by atoms with van der Waals surface area (Å²) < 4.78 is 6.44. The molecule has 1 aromatic carbocycles. The molecule has 0 bridgehead atoms. The van der Waals surface area contributed by atoms with Gasteiger partial charge < -0.3 is 10.1 Å². The number of benzene rings is 1. The highest BCUT2D eigenvalue weighted by Crippen LogP contribution is 2.35. The Bertz CT molecular complexity index is 496. The number of likely N-dealkylation sites (tertiary alicyclic amines) is 1. The highest BCUT2D eigenvalue weighted by molar-refractivity contribution is 6.30. The largest absolute Gasteiger partial charge is 0.489 e. The zero-order chi connectivity index (χ0) is 16.1. The number of ether oxygens (including phenoxy) is 1. The molecule has 1 aromatic rings. The van der Waals surface area contributed by atoms with E-state index in [-0.39, 0.29) is 6.10 Å². The van der Waals surface area contributed by atoms with Crippen molar-refractivity contribution in [3.05, 3.63) is 28.8 Å². The van der Waals surface area contributed by atoms with Crippen molar-refractivity contribution in [1.29, 1.82) is 0 Å². The van der Waals surface area contributed by atoms with Gasteiger partial charge in [-0.2, -0.15) is 0 Å². The molecule has 0 aliphatic carbocycles. The van der Waals surface area contributed by atoms with E-state index < -0.39 is 0 Å². The van der Waals surface area contributed by atoms with Gasteiger partial charge in [0.1, 0.15) is 11.9 Å². The second-order valence-electron chi connectivity index (χ2n) is 6.86. The minimum atomic E-state index is 0.257. The molecule has 2 aliphatic heterocycles. The Kier molecular flexibility index (Phi) is 6.21. The molecule has 2 aliphatic rings. The molecule has 3 nitrogen and oxygen atoms in total. The summed E-state index contributed by atoms with van der Waals surface area (Å²) in [6, 6.07) is 6.20.